The molecule has 0 spiro atoms. The number of rotatable bonds is 5. The van der Waals surface area contributed by atoms with Crippen molar-refractivity contribution in [1.82, 2.24) is 4.31 Å². The molecule has 0 fully saturated rings. The number of thiophene rings is 1. The Morgan fingerprint density at radius 1 is 1.60 bits per heavy atom. The monoisotopic (exact) mass is 267 g/mol. The highest BCUT2D eigenvalue weighted by Gasteiger charge is 2.21. The predicted octanol–water partition coefficient (Wildman–Crippen LogP) is 2.39. The zero-order valence-corrected chi connectivity index (χ0v) is 11.1. The van der Waals surface area contributed by atoms with Crippen molar-refractivity contribution in [3.8, 4) is 0 Å². The minimum absolute atomic E-state index is 0.00835. The lowest BCUT2D eigenvalue weighted by atomic mass is 10.3. The maximum Gasteiger partial charge on any atom is 0.252 e. The lowest BCUT2D eigenvalue weighted by Gasteiger charge is -2.16. The van der Waals surface area contributed by atoms with Gasteiger partial charge in [0.2, 0.25) is 0 Å². The van der Waals surface area contributed by atoms with Gasteiger partial charge < -0.3 is 0 Å². The van der Waals surface area contributed by atoms with Crippen LogP contribution >= 0.6 is 22.9 Å². The first-order valence-electron chi connectivity index (χ1n) is 4.58. The second-order valence-electron chi connectivity index (χ2n) is 3.33. The Hall–Kier alpha value is -0.100. The van der Waals surface area contributed by atoms with E-state index in [2.05, 4.69) is 0 Å². The zero-order chi connectivity index (χ0) is 11.5. The van der Waals surface area contributed by atoms with Crippen molar-refractivity contribution in [1.29, 1.82) is 0 Å². The van der Waals surface area contributed by atoms with Crippen LogP contribution < -0.4 is 0 Å². The molecule has 0 aromatic carbocycles. The normalized spacial score (nSPS) is 14.4. The van der Waals surface area contributed by atoms with Crippen LogP contribution in [0.15, 0.2) is 21.7 Å². The Kier molecular flexibility index (Phi) is 4.58. The van der Waals surface area contributed by atoms with Crippen LogP contribution in [-0.2, 0) is 10.0 Å². The van der Waals surface area contributed by atoms with Gasteiger partial charge in [-0.3, -0.25) is 0 Å². The average Bonchev–Trinajstić information content (AvgIpc) is 2.66. The Balaban J connectivity index is 2.71. The molecule has 6 heteroatoms. The van der Waals surface area contributed by atoms with Crippen LogP contribution in [0.1, 0.15) is 13.3 Å². The van der Waals surface area contributed by atoms with Crippen LogP contribution in [0.4, 0.5) is 0 Å². The zero-order valence-electron chi connectivity index (χ0n) is 8.68. The summed E-state index contributed by atoms with van der Waals surface area (Å²) in [6.07, 6.45) is 0.655. The standard InChI is InChI=1S/C9H14ClNO2S2/c1-8(10)5-6-11(2)15(12,13)9-4-3-7-14-9/h3-4,7-8H,5-6H2,1-2H3. The smallest absolute Gasteiger partial charge is 0.206 e. The summed E-state index contributed by atoms with van der Waals surface area (Å²) in [5, 5.41) is 1.75. The average molecular weight is 268 g/mol. The SMILES string of the molecule is CC(Cl)CCN(C)S(=O)(=O)c1cccs1. The Bertz CT molecular complexity index is 386. The molecule has 1 atom stereocenters. The lowest BCUT2D eigenvalue weighted by Crippen LogP contribution is -2.28. The minimum atomic E-state index is -3.30. The third-order valence-electron chi connectivity index (χ3n) is 2.00. The van der Waals surface area contributed by atoms with Gasteiger partial charge in [-0.05, 0) is 24.8 Å². The molecule has 1 rings (SSSR count). The van der Waals surface area contributed by atoms with E-state index >= 15 is 0 Å². The summed E-state index contributed by atoms with van der Waals surface area (Å²) in [7, 11) is -1.72. The lowest BCUT2D eigenvalue weighted by molar-refractivity contribution is 0.462. The third-order valence-corrected chi connectivity index (χ3v) is 5.45. The predicted molar refractivity (Wildman–Crippen MR) is 64.1 cm³/mol. The second-order valence-corrected chi connectivity index (χ2v) is 7.29. The largest absolute Gasteiger partial charge is 0.252 e. The Morgan fingerprint density at radius 2 is 2.27 bits per heavy atom. The molecule has 86 valence electrons. The van der Waals surface area contributed by atoms with E-state index in [1.54, 1.807) is 24.6 Å². The molecule has 1 aromatic rings. The minimum Gasteiger partial charge on any atom is -0.206 e. The molecule has 0 N–H and O–H groups in total. The van der Waals surface area contributed by atoms with Gasteiger partial charge >= 0.3 is 0 Å². The van der Waals surface area contributed by atoms with E-state index in [1.165, 1.54) is 15.6 Å². The van der Waals surface area contributed by atoms with E-state index in [4.69, 9.17) is 11.6 Å². The molecule has 3 nitrogen and oxygen atoms in total. The molecule has 1 heterocycles. The summed E-state index contributed by atoms with van der Waals surface area (Å²) in [5.74, 6) is 0. The topological polar surface area (TPSA) is 37.4 Å². The summed E-state index contributed by atoms with van der Waals surface area (Å²) in [6.45, 7) is 2.30. The first-order valence-corrected chi connectivity index (χ1v) is 7.34. The van der Waals surface area contributed by atoms with E-state index in [0.717, 1.165) is 0 Å². The first-order chi connectivity index (χ1) is 6.94. The Morgan fingerprint density at radius 3 is 2.73 bits per heavy atom. The fourth-order valence-electron chi connectivity index (χ4n) is 1.04. The molecule has 15 heavy (non-hydrogen) atoms. The fourth-order valence-corrected chi connectivity index (χ4v) is 3.53. The molecular formula is C9H14ClNO2S2. The van der Waals surface area contributed by atoms with Gasteiger partial charge in [0.15, 0.2) is 0 Å². The van der Waals surface area contributed by atoms with Crippen molar-refractivity contribution in [2.45, 2.75) is 22.9 Å². The maximum atomic E-state index is 11.9. The van der Waals surface area contributed by atoms with Gasteiger partial charge in [0.25, 0.3) is 10.0 Å². The van der Waals surface area contributed by atoms with Crippen LogP contribution in [-0.4, -0.2) is 31.7 Å². The highest BCUT2D eigenvalue weighted by atomic mass is 35.5. The van der Waals surface area contributed by atoms with Crippen LogP contribution in [0.3, 0.4) is 0 Å². The number of sulfonamides is 1. The molecule has 0 bridgehead atoms. The molecule has 0 aliphatic carbocycles. The van der Waals surface area contributed by atoms with Crippen molar-refractivity contribution in [3.05, 3.63) is 17.5 Å². The van der Waals surface area contributed by atoms with Gasteiger partial charge in [-0.25, -0.2) is 12.7 Å². The molecule has 0 aliphatic heterocycles. The van der Waals surface area contributed by atoms with E-state index in [1.807, 2.05) is 6.92 Å². The van der Waals surface area contributed by atoms with Crippen LogP contribution in [0, 0.1) is 0 Å². The number of halogens is 1. The van der Waals surface area contributed by atoms with Crippen molar-refractivity contribution >= 4 is 33.0 Å². The van der Waals surface area contributed by atoms with Gasteiger partial charge in [-0.1, -0.05) is 6.07 Å². The molecule has 0 aliphatic rings. The summed E-state index contributed by atoms with van der Waals surface area (Å²) in [5.41, 5.74) is 0. The van der Waals surface area contributed by atoms with Crippen LogP contribution in [0.25, 0.3) is 0 Å². The quantitative estimate of drug-likeness (QED) is 0.768. The first kappa shape index (κ1) is 13.0. The van der Waals surface area contributed by atoms with Crippen molar-refractivity contribution in [2.24, 2.45) is 0 Å². The van der Waals surface area contributed by atoms with Crippen LogP contribution in [0.2, 0.25) is 0 Å². The fraction of sp³-hybridized carbons (Fsp3) is 0.556. The van der Waals surface area contributed by atoms with Gasteiger partial charge in [0, 0.05) is 19.0 Å². The molecular weight excluding hydrogens is 254 g/mol. The molecule has 1 unspecified atom stereocenters. The van der Waals surface area contributed by atoms with Gasteiger partial charge in [0.1, 0.15) is 4.21 Å². The van der Waals surface area contributed by atoms with Gasteiger partial charge in [0.05, 0.1) is 0 Å². The van der Waals surface area contributed by atoms with Crippen molar-refractivity contribution in [2.75, 3.05) is 13.6 Å². The van der Waals surface area contributed by atoms with E-state index in [9.17, 15) is 8.42 Å². The van der Waals surface area contributed by atoms with Crippen molar-refractivity contribution in [3.63, 3.8) is 0 Å². The summed E-state index contributed by atoms with van der Waals surface area (Å²) in [6, 6.07) is 3.34. The van der Waals surface area contributed by atoms with Crippen LogP contribution in [0.5, 0.6) is 0 Å². The highest BCUT2D eigenvalue weighted by molar-refractivity contribution is 7.91. The molecule has 0 radical (unpaired) electrons. The molecule has 0 amide bonds. The number of hydrogen-bond donors (Lipinski definition) is 0. The molecule has 0 saturated heterocycles. The highest BCUT2D eigenvalue weighted by Crippen LogP contribution is 2.20. The number of nitrogens with zero attached hydrogens (tertiary/aromatic N) is 1. The summed E-state index contributed by atoms with van der Waals surface area (Å²) < 4.78 is 25.5. The maximum absolute atomic E-state index is 11.9. The molecule has 0 saturated carbocycles. The van der Waals surface area contributed by atoms with E-state index in [-0.39, 0.29) is 5.38 Å². The third kappa shape index (κ3) is 3.45. The van der Waals surface area contributed by atoms with E-state index < -0.39 is 10.0 Å². The molecule has 1 aromatic heterocycles. The van der Waals surface area contributed by atoms with Gasteiger partial charge in [-0.15, -0.1) is 22.9 Å². The summed E-state index contributed by atoms with van der Waals surface area (Å²) in [4.78, 5) is 0. The van der Waals surface area contributed by atoms with Gasteiger partial charge in [-0.2, -0.15) is 0 Å². The number of hydrogen-bond acceptors (Lipinski definition) is 3. The number of alkyl halides is 1. The van der Waals surface area contributed by atoms with Crippen molar-refractivity contribution < 1.29 is 8.42 Å². The summed E-state index contributed by atoms with van der Waals surface area (Å²) >= 11 is 7.01. The van der Waals surface area contributed by atoms with E-state index in [0.29, 0.717) is 17.2 Å². The second kappa shape index (κ2) is 5.30. The Labute approximate surface area is 99.7 Å².